The molecular formula is C22H19NO4S. The fourth-order valence-electron chi connectivity index (χ4n) is 2.55. The van der Waals surface area contributed by atoms with Gasteiger partial charge in [-0.2, -0.15) is 0 Å². The van der Waals surface area contributed by atoms with E-state index in [9.17, 15) is 18.3 Å². The van der Waals surface area contributed by atoms with E-state index in [1.165, 1.54) is 36.4 Å². The van der Waals surface area contributed by atoms with Crippen molar-refractivity contribution in [3.05, 3.63) is 102 Å². The zero-order chi connectivity index (χ0) is 20.0. The number of aromatic hydroxyl groups is 1. The van der Waals surface area contributed by atoms with Crippen molar-refractivity contribution in [1.29, 1.82) is 0 Å². The number of hydrogen-bond acceptors (Lipinski definition) is 4. The number of sulfonamides is 1. The average molecular weight is 393 g/mol. The van der Waals surface area contributed by atoms with Gasteiger partial charge in [0.25, 0.3) is 0 Å². The normalized spacial score (nSPS) is 11.6. The summed E-state index contributed by atoms with van der Waals surface area (Å²) in [4.78, 5) is 12.4. The molecule has 0 aliphatic carbocycles. The number of carbonyl (C=O) groups excluding carboxylic acids is 1. The highest BCUT2D eigenvalue weighted by atomic mass is 32.2. The first-order valence-corrected chi connectivity index (χ1v) is 10.1. The smallest absolute Gasteiger partial charge is 0.240 e. The van der Waals surface area contributed by atoms with Crippen LogP contribution in [0.4, 0.5) is 0 Å². The van der Waals surface area contributed by atoms with E-state index in [-0.39, 0.29) is 23.0 Å². The zero-order valence-corrected chi connectivity index (χ0v) is 15.8. The van der Waals surface area contributed by atoms with Crippen LogP contribution in [0.15, 0.2) is 89.8 Å². The van der Waals surface area contributed by atoms with E-state index in [0.717, 1.165) is 5.56 Å². The maximum absolute atomic E-state index is 12.4. The van der Waals surface area contributed by atoms with Gasteiger partial charge in [-0.15, -0.1) is 0 Å². The molecule has 0 heterocycles. The molecule has 0 atom stereocenters. The summed E-state index contributed by atoms with van der Waals surface area (Å²) in [7, 11) is -3.67. The Morgan fingerprint density at radius 1 is 0.929 bits per heavy atom. The first-order chi connectivity index (χ1) is 13.4. The molecule has 0 saturated carbocycles. The lowest BCUT2D eigenvalue weighted by molar-refractivity contribution is 0.104. The molecule has 3 aromatic carbocycles. The summed E-state index contributed by atoms with van der Waals surface area (Å²) < 4.78 is 27.3. The second-order valence-electron chi connectivity index (χ2n) is 6.13. The van der Waals surface area contributed by atoms with Crippen molar-refractivity contribution < 1.29 is 18.3 Å². The second-order valence-corrected chi connectivity index (χ2v) is 7.89. The van der Waals surface area contributed by atoms with Crippen molar-refractivity contribution in [2.75, 3.05) is 0 Å². The van der Waals surface area contributed by atoms with Gasteiger partial charge in [-0.25, -0.2) is 13.1 Å². The number of ketones is 1. The molecule has 3 aromatic rings. The van der Waals surface area contributed by atoms with Crippen molar-refractivity contribution in [2.24, 2.45) is 0 Å². The average Bonchev–Trinajstić information content (AvgIpc) is 2.71. The van der Waals surface area contributed by atoms with Crippen molar-refractivity contribution in [3.8, 4) is 5.75 Å². The molecule has 6 heteroatoms. The van der Waals surface area contributed by atoms with E-state index in [2.05, 4.69) is 4.72 Å². The van der Waals surface area contributed by atoms with Gasteiger partial charge in [-0.3, -0.25) is 4.79 Å². The number of carbonyl (C=O) groups is 1. The molecule has 0 bridgehead atoms. The largest absolute Gasteiger partial charge is 0.508 e. The third-order valence-corrected chi connectivity index (χ3v) is 5.47. The first-order valence-electron chi connectivity index (χ1n) is 8.59. The highest BCUT2D eigenvalue weighted by Gasteiger charge is 2.14. The molecule has 0 unspecified atom stereocenters. The molecule has 5 nitrogen and oxygen atoms in total. The lowest BCUT2D eigenvalue weighted by atomic mass is 10.1. The van der Waals surface area contributed by atoms with Crippen LogP contribution in [0.3, 0.4) is 0 Å². The Hall–Kier alpha value is -3.22. The molecule has 142 valence electrons. The minimum atomic E-state index is -3.67. The van der Waals surface area contributed by atoms with E-state index in [4.69, 9.17) is 0 Å². The number of phenolic OH excluding ortho intramolecular Hbond substituents is 1. The summed E-state index contributed by atoms with van der Waals surface area (Å²) in [6.45, 7) is 0.191. The van der Waals surface area contributed by atoms with Crippen LogP contribution in [-0.4, -0.2) is 19.3 Å². The summed E-state index contributed by atoms with van der Waals surface area (Å²) in [5, 5.41) is 9.44. The Balaban J connectivity index is 1.67. The van der Waals surface area contributed by atoms with Crippen LogP contribution in [-0.2, 0) is 16.6 Å². The Morgan fingerprint density at radius 3 is 2.32 bits per heavy atom. The Labute approximate surface area is 164 Å². The van der Waals surface area contributed by atoms with Crippen LogP contribution < -0.4 is 4.72 Å². The third kappa shape index (κ3) is 5.16. The predicted octanol–water partition coefficient (Wildman–Crippen LogP) is 3.77. The number of nitrogens with one attached hydrogen (secondary N) is 1. The Morgan fingerprint density at radius 2 is 1.64 bits per heavy atom. The predicted molar refractivity (Wildman–Crippen MR) is 108 cm³/mol. The van der Waals surface area contributed by atoms with E-state index < -0.39 is 10.0 Å². The molecule has 3 rings (SSSR count). The van der Waals surface area contributed by atoms with Gasteiger partial charge in [0.1, 0.15) is 5.75 Å². The van der Waals surface area contributed by atoms with Crippen LogP contribution in [0, 0.1) is 0 Å². The summed E-state index contributed by atoms with van der Waals surface area (Å²) in [5.74, 6) is -0.142. The number of rotatable bonds is 7. The minimum Gasteiger partial charge on any atom is -0.508 e. The standard InChI is InChI=1S/C22H19NO4S/c24-20-8-4-7-17(15-20)9-14-22(25)19-10-12-21(13-11-19)28(26,27)23-16-18-5-2-1-3-6-18/h1-15,23-24H,16H2/b14-9+. The SMILES string of the molecule is O=C(/C=C/c1cccc(O)c1)c1ccc(S(=O)(=O)NCc2ccccc2)cc1. The van der Waals surface area contributed by atoms with Crippen LogP contribution in [0.1, 0.15) is 21.5 Å². The van der Waals surface area contributed by atoms with Crippen molar-refractivity contribution in [1.82, 2.24) is 4.72 Å². The molecule has 28 heavy (non-hydrogen) atoms. The van der Waals surface area contributed by atoms with Gasteiger partial charge < -0.3 is 5.11 Å². The number of hydrogen-bond donors (Lipinski definition) is 2. The van der Waals surface area contributed by atoms with E-state index >= 15 is 0 Å². The highest BCUT2D eigenvalue weighted by molar-refractivity contribution is 7.89. The van der Waals surface area contributed by atoms with E-state index in [1.807, 2.05) is 30.3 Å². The lowest BCUT2D eigenvalue weighted by Gasteiger charge is -2.07. The third-order valence-electron chi connectivity index (χ3n) is 4.06. The molecule has 0 amide bonds. The van der Waals surface area contributed by atoms with Crippen LogP contribution in [0.5, 0.6) is 5.75 Å². The Bertz CT molecular complexity index is 1090. The van der Waals surface area contributed by atoms with Gasteiger partial charge in [0.15, 0.2) is 5.78 Å². The molecule has 0 aliphatic heterocycles. The maximum Gasteiger partial charge on any atom is 0.240 e. The molecule has 0 aliphatic rings. The fourth-order valence-corrected chi connectivity index (χ4v) is 3.57. The topological polar surface area (TPSA) is 83.5 Å². The van der Waals surface area contributed by atoms with Crippen molar-refractivity contribution in [3.63, 3.8) is 0 Å². The molecule has 2 N–H and O–H groups in total. The quantitative estimate of drug-likeness (QED) is 0.473. The maximum atomic E-state index is 12.4. The molecule has 0 fully saturated rings. The zero-order valence-electron chi connectivity index (χ0n) is 14.9. The Kier molecular flexibility index (Phi) is 6.03. The van der Waals surface area contributed by atoms with Gasteiger partial charge in [-0.05, 0) is 53.6 Å². The second kappa shape index (κ2) is 8.65. The number of benzene rings is 3. The van der Waals surface area contributed by atoms with E-state index in [0.29, 0.717) is 11.1 Å². The fraction of sp³-hybridized carbons (Fsp3) is 0.0455. The highest BCUT2D eigenvalue weighted by Crippen LogP contribution is 2.15. The van der Waals surface area contributed by atoms with Gasteiger partial charge in [0.05, 0.1) is 4.90 Å². The summed E-state index contributed by atoms with van der Waals surface area (Å²) in [6.07, 6.45) is 2.97. The van der Waals surface area contributed by atoms with Crippen molar-refractivity contribution in [2.45, 2.75) is 11.4 Å². The number of allylic oxidation sites excluding steroid dienone is 1. The monoisotopic (exact) mass is 393 g/mol. The molecule has 0 saturated heterocycles. The van der Waals surface area contributed by atoms with Crippen LogP contribution in [0.2, 0.25) is 0 Å². The summed E-state index contributed by atoms with van der Waals surface area (Å²) in [6, 6.07) is 21.5. The van der Waals surface area contributed by atoms with Crippen LogP contribution >= 0.6 is 0 Å². The van der Waals surface area contributed by atoms with Gasteiger partial charge in [0, 0.05) is 12.1 Å². The summed E-state index contributed by atoms with van der Waals surface area (Å²) >= 11 is 0. The van der Waals surface area contributed by atoms with E-state index in [1.54, 1.807) is 24.3 Å². The molecule has 0 aromatic heterocycles. The lowest BCUT2D eigenvalue weighted by Crippen LogP contribution is -2.23. The molecule has 0 radical (unpaired) electrons. The van der Waals surface area contributed by atoms with Gasteiger partial charge in [-0.1, -0.05) is 48.5 Å². The molecule has 0 spiro atoms. The number of phenols is 1. The minimum absolute atomic E-state index is 0.0944. The van der Waals surface area contributed by atoms with Gasteiger partial charge in [0.2, 0.25) is 10.0 Å². The van der Waals surface area contributed by atoms with Gasteiger partial charge >= 0.3 is 0 Å². The van der Waals surface area contributed by atoms with Crippen LogP contribution in [0.25, 0.3) is 6.08 Å². The van der Waals surface area contributed by atoms with Crippen molar-refractivity contribution >= 4 is 21.9 Å². The summed E-state index contributed by atoms with van der Waals surface area (Å²) in [5.41, 5.74) is 1.92. The molecular weight excluding hydrogens is 374 g/mol. The first kappa shape index (κ1) is 19.5.